The van der Waals surface area contributed by atoms with E-state index in [1.165, 1.54) is 19.4 Å². The van der Waals surface area contributed by atoms with E-state index in [2.05, 4.69) is 40.7 Å². The van der Waals surface area contributed by atoms with E-state index in [1.54, 1.807) is 0 Å². The topological polar surface area (TPSA) is 295 Å². The van der Waals surface area contributed by atoms with Crippen LogP contribution in [0.4, 0.5) is 0 Å². The molecule has 3 saturated carbocycles. The third kappa shape index (κ3) is 8.84. The Morgan fingerprint density at radius 3 is 1.90 bits per heavy atom. The van der Waals surface area contributed by atoms with Crippen LogP contribution in [-0.2, 0) is 47.4 Å². The fourth-order valence-corrected chi connectivity index (χ4v) is 15.8. The SMILES string of the molecule is CC1CCC2(OC1)OC1CC3C(C)(CCC4C5(C)CCC(OC6OC(CO)C(OC7OCC(OC8OC(C)C(O)C(O)C8O)C(O)C7O)C(O)C6OC6OC(C)C(O)C(O)C6O)CC5=CCC43C)C1C2C. The average Bonchev–Trinajstić information content (AvgIpc) is 3.80. The van der Waals surface area contributed by atoms with Crippen molar-refractivity contribution in [1.82, 2.24) is 0 Å². The van der Waals surface area contributed by atoms with E-state index in [9.17, 15) is 51.1 Å². The molecule has 10 N–H and O–H groups in total. The molecular weight excluding hydrogens is 933 g/mol. The first kappa shape index (κ1) is 53.3. The summed E-state index contributed by atoms with van der Waals surface area (Å²) in [6.07, 6.45) is -17.9. The molecule has 6 saturated heterocycles. The molecule has 10 aliphatic rings. The van der Waals surface area contributed by atoms with Gasteiger partial charge in [-0.2, -0.15) is 0 Å². The maximum atomic E-state index is 12.2. The molecule has 0 radical (unpaired) electrons. The predicted octanol–water partition coefficient (Wildman–Crippen LogP) is 0.0951. The van der Waals surface area contributed by atoms with Crippen molar-refractivity contribution in [2.24, 2.45) is 45.8 Å². The predicted molar refractivity (Wildman–Crippen MR) is 244 cm³/mol. The minimum atomic E-state index is -1.83. The second-order valence-corrected chi connectivity index (χ2v) is 24.1. The number of aliphatic hydroxyl groups excluding tert-OH is 10. The van der Waals surface area contributed by atoms with E-state index >= 15 is 0 Å². The zero-order chi connectivity index (χ0) is 50.9. The molecule has 30 atom stereocenters. The minimum Gasteiger partial charge on any atom is -0.394 e. The highest BCUT2D eigenvalue weighted by atomic mass is 16.8. The van der Waals surface area contributed by atoms with Crippen molar-refractivity contribution in [3.63, 3.8) is 0 Å². The van der Waals surface area contributed by atoms with Gasteiger partial charge in [0.2, 0.25) is 0 Å². The molecule has 6 aliphatic heterocycles. The molecule has 0 aromatic heterocycles. The van der Waals surface area contributed by atoms with Gasteiger partial charge in [0, 0.05) is 12.3 Å². The lowest BCUT2D eigenvalue weighted by Gasteiger charge is -2.63. The van der Waals surface area contributed by atoms with Crippen molar-refractivity contribution in [3.8, 4) is 0 Å². The molecule has 30 unspecified atom stereocenters. The number of fused-ring (bicyclic) bond motifs is 7. The van der Waals surface area contributed by atoms with E-state index in [1.807, 2.05) is 0 Å². The normalized spacial score (nSPS) is 58.4. The Bertz CT molecular complexity index is 1900. The van der Waals surface area contributed by atoms with Crippen LogP contribution in [0.15, 0.2) is 11.6 Å². The summed E-state index contributed by atoms with van der Waals surface area (Å²) >= 11 is 0. The summed E-state index contributed by atoms with van der Waals surface area (Å²) in [6, 6.07) is 0. The number of rotatable bonds is 9. The highest BCUT2D eigenvalue weighted by molar-refractivity contribution is 5.29. The fraction of sp³-hybridized carbons (Fsp3) is 0.961. The van der Waals surface area contributed by atoms with E-state index in [-0.39, 0.29) is 22.3 Å². The first-order chi connectivity index (χ1) is 33.5. The van der Waals surface area contributed by atoms with Gasteiger partial charge in [0.15, 0.2) is 30.9 Å². The van der Waals surface area contributed by atoms with Gasteiger partial charge in [-0.3, -0.25) is 0 Å². The van der Waals surface area contributed by atoms with Gasteiger partial charge in [0.05, 0.1) is 44.2 Å². The van der Waals surface area contributed by atoms with Crippen LogP contribution in [-0.4, -0.2) is 206 Å². The first-order valence-corrected chi connectivity index (χ1v) is 26.5. The number of hydrogen-bond acceptors (Lipinski definition) is 20. The summed E-state index contributed by atoms with van der Waals surface area (Å²) in [4.78, 5) is 0. The number of allylic oxidation sites excluding steroid dienone is 1. The summed E-state index contributed by atoms with van der Waals surface area (Å²) in [5, 5.41) is 108. The maximum absolute atomic E-state index is 12.2. The van der Waals surface area contributed by atoms with E-state index in [0.29, 0.717) is 42.4 Å². The summed E-state index contributed by atoms with van der Waals surface area (Å²) in [5.41, 5.74) is 1.42. The van der Waals surface area contributed by atoms with Crippen molar-refractivity contribution in [2.45, 2.75) is 241 Å². The molecule has 1 spiro atoms. The van der Waals surface area contributed by atoms with E-state index in [4.69, 9.17) is 47.4 Å². The number of aliphatic hydroxyl groups is 10. The molecule has 4 aliphatic carbocycles. The third-order valence-electron chi connectivity index (χ3n) is 20.0. The van der Waals surface area contributed by atoms with Gasteiger partial charge in [-0.15, -0.1) is 0 Å². The van der Waals surface area contributed by atoms with E-state index < -0.39 is 142 Å². The van der Waals surface area contributed by atoms with Gasteiger partial charge < -0.3 is 98.4 Å². The average molecular weight is 1020 g/mol. The lowest BCUT2D eigenvalue weighted by atomic mass is 9.41. The summed E-state index contributed by atoms with van der Waals surface area (Å²) in [7, 11) is 0. The van der Waals surface area contributed by atoms with Crippen molar-refractivity contribution in [2.75, 3.05) is 19.8 Å². The van der Waals surface area contributed by atoms with Crippen LogP contribution in [0.3, 0.4) is 0 Å². The number of hydrogen-bond donors (Lipinski definition) is 10. The van der Waals surface area contributed by atoms with Crippen LogP contribution in [0.1, 0.15) is 106 Å². The lowest BCUT2D eigenvalue weighted by molar-refractivity contribution is -0.389. The van der Waals surface area contributed by atoms with Crippen LogP contribution in [0.5, 0.6) is 0 Å². The number of ether oxygens (including phenoxy) is 10. The summed E-state index contributed by atoms with van der Waals surface area (Å²) < 4.78 is 61.9. The quantitative estimate of drug-likeness (QED) is 0.137. The van der Waals surface area contributed by atoms with E-state index in [0.717, 1.165) is 51.6 Å². The van der Waals surface area contributed by atoms with Gasteiger partial charge >= 0.3 is 0 Å². The molecule has 20 nitrogen and oxygen atoms in total. The van der Waals surface area contributed by atoms with Crippen LogP contribution in [0.25, 0.3) is 0 Å². The van der Waals surface area contributed by atoms with Gasteiger partial charge in [0.1, 0.15) is 79.4 Å². The Morgan fingerprint density at radius 1 is 0.606 bits per heavy atom. The molecule has 0 bridgehead atoms. The van der Waals surface area contributed by atoms with Crippen LogP contribution in [0.2, 0.25) is 0 Å². The van der Waals surface area contributed by atoms with Gasteiger partial charge in [-0.1, -0.05) is 46.3 Å². The molecular formula is C51H82O20. The van der Waals surface area contributed by atoms with Gasteiger partial charge in [0.25, 0.3) is 0 Å². The maximum Gasteiger partial charge on any atom is 0.187 e. The van der Waals surface area contributed by atoms with Gasteiger partial charge in [-0.05, 0) is 105 Å². The molecule has 0 aromatic rings. The smallest absolute Gasteiger partial charge is 0.187 e. The Kier molecular flexibility index (Phi) is 14.8. The summed E-state index contributed by atoms with van der Waals surface area (Å²) in [5.74, 6) is 1.78. The first-order valence-electron chi connectivity index (χ1n) is 26.5. The zero-order valence-corrected chi connectivity index (χ0v) is 42.1. The molecule has 0 amide bonds. The molecule has 71 heavy (non-hydrogen) atoms. The molecule has 0 aromatic carbocycles. The Labute approximate surface area is 415 Å². The highest BCUT2D eigenvalue weighted by Gasteiger charge is 2.71. The largest absolute Gasteiger partial charge is 0.394 e. The Balaban J connectivity index is 0.838. The lowest BCUT2D eigenvalue weighted by Crippen LogP contribution is -2.66. The van der Waals surface area contributed by atoms with Crippen molar-refractivity contribution < 1.29 is 98.4 Å². The second-order valence-electron chi connectivity index (χ2n) is 24.1. The third-order valence-corrected chi connectivity index (χ3v) is 20.0. The zero-order valence-electron chi connectivity index (χ0n) is 42.1. The van der Waals surface area contributed by atoms with Crippen LogP contribution < -0.4 is 0 Å². The monoisotopic (exact) mass is 1010 g/mol. The van der Waals surface area contributed by atoms with Crippen LogP contribution >= 0.6 is 0 Å². The van der Waals surface area contributed by atoms with Crippen LogP contribution in [0, 0.1) is 45.8 Å². The molecule has 20 heteroatoms. The van der Waals surface area contributed by atoms with Crippen molar-refractivity contribution >= 4 is 0 Å². The molecule has 6 heterocycles. The van der Waals surface area contributed by atoms with Gasteiger partial charge in [-0.25, -0.2) is 0 Å². The van der Waals surface area contributed by atoms with Crippen molar-refractivity contribution in [3.05, 3.63) is 11.6 Å². The fourth-order valence-electron chi connectivity index (χ4n) is 15.8. The molecule has 9 fully saturated rings. The van der Waals surface area contributed by atoms with Crippen molar-refractivity contribution in [1.29, 1.82) is 0 Å². The minimum absolute atomic E-state index is 0.0646. The molecule has 406 valence electrons. The second kappa shape index (κ2) is 19.7. The standard InChI is InChI=1S/C51H82O20/c1-21-8-15-51(63-19-21)22(2)32-27(71-51)17-31-49(6)12-9-25-16-26(10-13-48(25,5)30(49)11-14-50(31,32)7)66-47-43(70-46-40(60)37(57)34(54)24(4)65-46)41(61)42(28(18-52)67-47)69-44-38(58)35(55)29(20-62-44)68-45-39(59)36(56)33(53)23(3)64-45/h9,21-24,26-47,52-61H,8,10-20H2,1-7H3. The highest BCUT2D eigenvalue weighted by Crippen LogP contribution is 2.74. The summed E-state index contributed by atoms with van der Waals surface area (Å²) in [6.45, 7) is 14.7. The Morgan fingerprint density at radius 2 is 1.25 bits per heavy atom. The molecule has 10 rings (SSSR count). The Hall–Kier alpha value is -1.06.